The van der Waals surface area contributed by atoms with Crippen molar-refractivity contribution in [1.82, 2.24) is 5.32 Å². The molecule has 0 saturated carbocycles. The fraction of sp³-hybridized carbons (Fsp3) is 0.250. The van der Waals surface area contributed by atoms with E-state index in [9.17, 15) is 4.79 Å². The lowest BCUT2D eigenvalue weighted by Gasteiger charge is -2.16. The summed E-state index contributed by atoms with van der Waals surface area (Å²) in [5.41, 5.74) is 0.791. The molecular formula is C12H14BrClN2O. The summed E-state index contributed by atoms with van der Waals surface area (Å²) in [7, 11) is 0. The van der Waals surface area contributed by atoms with Crippen molar-refractivity contribution in [3.63, 3.8) is 0 Å². The molecule has 1 atom stereocenters. The number of nitrogens with one attached hydrogen (secondary N) is 2. The van der Waals surface area contributed by atoms with Crippen molar-refractivity contribution in [2.45, 2.75) is 13.0 Å². The number of carbonyl (C=O) groups is 1. The zero-order valence-electron chi connectivity index (χ0n) is 9.47. The molecule has 0 bridgehead atoms. The molecule has 17 heavy (non-hydrogen) atoms. The van der Waals surface area contributed by atoms with E-state index >= 15 is 0 Å². The Morgan fingerprint density at radius 1 is 1.65 bits per heavy atom. The van der Waals surface area contributed by atoms with E-state index in [4.69, 9.17) is 11.6 Å². The fourth-order valence-electron chi connectivity index (χ4n) is 1.24. The Kier molecular flexibility index (Phi) is 5.51. The topological polar surface area (TPSA) is 41.1 Å². The quantitative estimate of drug-likeness (QED) is 0.819. The molecule has 0 aliphatic heterocycles. The number of rotatable bonds is 5. The van der Waals surface area contributed by atoms with Crippen LogP contribution in [0.1, 0.15) is 6.92 Å². The molecule has 0 aliphatic rings. The molecule has 5 heteroatoms. The highest BCUT2D eigenvalue weighted by atomic mass is 79.9. The van der Waals surface area contributed by atoms with Crippen molar-refractivity contribution in [3.8, 4) is 0 Å². The van der Waals surface area contributed by atoms with Gasteiger partial charge in [-0.3, -0.25) is 4.79 Å². The van der Waals surface area contributed by atoms with Crippen molar-refractivity contribution in [1.29, 1.82) is 0 Å². The molecule has 1 amide bonds. The number of amides is 1. The van der Waals surface area contributed by atoms with Crippen molar-refractivity contribution in [2.24, 2.45) is 0 Å². The third kappa shape index (κ3) is 4.06. The Morgan fingerprint density at radius 3 is 3.00 bits per heavy atom. The predicted molar refractivity (Wildman–Crippen MR) is 75.4 cm³/mol. The van der Waals surface area contributed by atoms with E-state index in [1.807, 2.05) is 12.1 Å². The Morgan fingerprint density at radius 2 is 2.35 bits per heavy atom. The molecule has 1 rings (SSSR count). The first-order chi connectivity index (χ1) is 8.06. The van der Waals surface area contributed by atoms with E-state index in [0.29, 0.717) is 11.6 Å². The van der Waals surface area contributed by atoms with Crippen LogP contribution in [0.4, 0.5) is 5.69 Å². The molecule has 1 aromatic carbocycles. The standard InChI is InChI=1S/C12H14BrClN2O/c1-3-7-15-12(17)8(2)16-10-6-4-5-9(14)11(10)13/h3-6,8,16H,1,7H2,2H3,(H,15,17). The number of halogens is 2. The van der Waals surface area contributed by atoms with Crippen LogP contribution in [0.25, 0.3) is 0 Å². The number of carbonyl (C=O) groups excluding carboxylic acids is 1. The van der Waals surface area contributed by atoms with Gasteiger partial charge in [0.1, 0.15) is 6.04 Å². The minimum absolute atomic E-state index is 0.0863. The van der Waals surface area contributed by atoms with Gasteiger partial charge in [-0.2, -0.15) is 0 Å². The van der Waals surface area contributed by atoms with Crippen LogP contribution < -0.4 is 10.6 Å². The maximum absolute atomic E-state index is 11.6. The van der Waals surface area contributed by atoms with Gasteiger partial charge in [0.2, 0.25) is 5.91 Å². The average molecular weight is 318 g/mol. The van der Waals surface area contributed by atoms with E-state index in [-0.39, 0.29) is 11.9 Å². The van der Waals surface area contributed by atoms with Crippen molar-refractivity contribution < 1.29 is 4.79 Å². The molecule has 3 nitrogen and oxygen atoms in total. The highest BCUT2D eigenvalue weighted by Gasteiger charge is 2.13. The van der Waals surface area contributed by atoms with Gasteiger partial charge in [0.25, 0.3) is 0 Å². The summed E-state index contributed by atoms with van der Waals surface area (Å²) >= 11 is 9.33. The Bertz CT molecular complexity index is 423. The first kappa shape index (κ1) is 14.1. The molecule has 0 spiro atoms. The van der Waals surface area contributed by atoms with E-state index in [1.165, 1.54) is 0 Å². The Balaban J connectivity index is 2.67. The summed E-state index contributed by atoms with van der Waals surface area (Å²) in [6.07, 6.45) is 1.64. The van der Waals surface area contributed by atoms with Gasteiger partial charge in [-0.15, -0.1) is 6.58 Å². The number of hydrogen-bond acceptors (Lipinski definition) is 2. The smallest absolute Gasteiger partial charge is 0.242 e. The van der Waals surface area contributed by atoms with Gasteiger partial charge in [-0.1, -0.05) is 23.7 Å². The lowest BCUT2D eigenvalue weighted by atomic mass is 10.2. The lowest BCUT2D eigenvalue weighted by Crippen LogP contribution is -2.37. The summed E-state index contributed by atoms with van der Waals surface area (Å²) in [5.74, 6) is -0.0863. The van der Waals surface area contributed by atoms with Crippen LogP contribution in [0.15, 0.2) is 35.3 Å². The molecular weight excluding hydrogens is 304 g/mol. The first-order valence-electron chi connectivity index (χ1n) is 5.15. The lowest BCUT2D eigenvalue weighted by molar-refractivity contribution is -0.121. The first-order valence-corrected chi connectivity index (χ1v) is 6.32. The number of anilines is 1. The highest BCUT2D eigenvalue weighted by Crippen LogP contribution is 2.30. The fourth-order valence-corrected chi connectivity index (χ4v) is 1.79. The van der Waals surface area contributed by atoms with Gasteiger partial charge in [0.15, 0.2) is 0 Å². The van der Waals surface area contributed by atoms with Crippen LogP contribution in [-0.4, -0.2) is 18.5 Å². The van der Waals surface area contributed by atoms with Crippen LogP contribution in [0, 0.1) is 0 Å². The van der Waals surface area contributed by atoms with Crippen LogP contribution in [0.2, 0.25) is 5.02 Å². The molecule has 0 heterocycles. The van der Waals surface area contributed by atoms with E-state index in [2.05, 4.69) is 33.1 Å². The summed E-state index contributed by atoms with van der Waals surface area (Å²) in [6.45, 7) is 5.78. The molecule has 0 aromatic heterocycles. The molecule has 0 saturated heterocycles. The summed E-state index contributed by atoms with van der Waals surface area (Å²) in [4.78, 5) is 11.6. The number of benzene rings is 1. The van der Waals surface area contributed by atoms with E-state index in [1.54, 1.807) is 19.1 Å². The van der Waals surface area contributed by atoms with Crippen molar-refractivity contribution in [2.75, 3.05) is 11.9 Å². The largest absolute Gasteiger partial charge is 0.373 e. The average Bonchev–Trinajstić information content (AvgIpc) is 2.31. The maximum Gasteiger partial charge on any atom is 0.242 e. The minimum Gasteiger partial charge on any atom is -0.373 e. The molecule has 2 N–H and O–H groups in total. The van der Waals surface area contributed by atoms with Gasteiger partial charge < -0.3 is 10.6 Å². The van der Waals surface area contributed by atoms with Crippen LogP contribution in [0.5, 0.6) is 0 Å². The predicted octanol–water partition coefficient (Wildman–Crippen LogP) is 3.21. The molecule has 1 unspecified atom stereocenters. The molecule has 92 valence electrons. The van der Waals surface area contributed by atoms with Gasteiger partial charge in [0.05, 0.1) is 15.2 Å². The number of hydrogen-bond donors (Lipinski definition) is 2. The van der Waals surface area contributed by atoms with Crippen LogP contribution in [-0.2, 0) is 4.79 Å². The molecule has 0 aliphatic carbocycles. The maximum atomic E-state index is 11.6. The summed E-state index contributed by atoms with van der Waals surface area (Å²) in [6, 6.07) is 5.11. The minimum atomic E-state index is -0.343. The van der Waals surface area contributed by atoms with Gasteiger partial charge >= 0.3 is 0 Å². The second-order valence-electron chi connectivity index (χ2n) is 3.50. The van der Waals surface area contributed by atoms with Crippen molar-refractivity contribution >= 4 is 39.1 Å². The Hall–Kier alpha value is -1.000. The zero-order valence-corrected chi connectivity index (χ0v) is 11.8. The second kappa shape index (κ2) is 6.67. The Labute approximate surface area is 114 Å². The normalized spacial score (nSPS) is 11.7. The van der Waals surface area contributed by atoms with Gasteiger partial charge in [-0.05, 0) is 35.0 Å². The van der Waals surface area contributed by atoms with Gasteiger partial charge in [-0.25, -0.2) is 0 Å². The van der Waals surface area contributed by atoms with E-state index in [0.717, 1.165) is 10.2 Å². The molecule has 0 fully saturated rings. The second-order valence-corrected chi connectivity index (χ2v) is 4.70. The van der Waals surface area contributed by atoms with Crippen LogP contribution >= 0.6 is 27.5 Å². The molecule has 0 radical (unpaired) electrons. The summed E-state index contributed by atoms with van der Waals surface area (Å²) in [5, 5.41) is 6.41. The van der Waals surface area contributed by atoms with Gasteiger partial charge in [0, 0.05) is 6.54 Å². The van der Waals surface area contributed by atoms with Crippen LogP contribution in [0.3, 0.4) is 0 Å². The monoisotopic (exact) mass is 316 g/mol. The molecule has 1 aromatic rings. The summed E-state index contributed by atoms with van der Waals surface area (Å²) < 4.78 is 0.755. The SMILES string of the molecule is C=CCNC(=O)C(C)Nc1cccc(Cl)c1Br. The zero-order chi connectivity index (χ0) is 12.8. The van der Waals surface area contributed by atoms with E-state index < -0.39 is 0 Å². The third-order valence-electron chi connectivity index (χ3n) is 2.14. The van der Waals surface area contributed by atoms with Crippen molar-refractivity contribution in [3.05, 3.63) is 40.3 Å². The third-order valence-corrected chi connectivity index (χ3v) is 3.54. The highest BCUT2D eigenvalue weighted by molar-refractivity contribution is 9.10.